The van der Waals surface area contributed by atoms with Crippen LogP contribution < -0.4 is 14.8 Å². The normalized spacial score (nSPS) is 24.3. The fraction of sp³-hybridized carbons (Fsp3) is 0.429. The maximum Gasteiger partial charge on any atom is 0.337 e. The molecule has 4 aliphatic rings. The van der Waals surface area contributed by atoms with Crippen molar-refractivity contribution in [3.05, 3.63) is 70.5 Å². The Hall–Kier alpha value is -3.48. The van der Waals surface area contributed by atoms with Crippen LogP contribution in [0.4, 0.5) is 0 Å². The SMILES string of the molecule is CC1=C(C(=O)OC2CCCCC2)C(c2ccc3c(c2)OCO3)C2=C(CC(c3ccco3)CC2=O)N1. The first-order chi connectivity index (χ1) is 17.1. The smallest absolute Gasteiger partial charge is 0.337 e. The lowest BCUT2D eigenvalue weighted by Crippen LogP contribution is -2.37. The van der Waals surface area contributed by atoms with Crippen LogP contribution in [0.1, 0.15) is 75.0 Å². The van der Waals surface area contributed by atoms with Crippen LogP contribution in [0.2, 0.25) is 0 Å². The van der Waals surface area contributed by atoms with Gasteiger partial charge in [0.05, 0.1) is 11.8 Å². The Labute approximate surface area is 204 Å². The second-order valence-electron chi connectivity index (χ2n) is 9.81. The van der Waals surface area contributed by atoms with E-state index in [2.05, 4.69) is 5.32 Å². The first kappa shape index (κ1) is 22.0. The Kier molecular flexibility index (Phi) is 5.63. The average Bonchev–Trinajstić information content (AvgIpc) is 3.55. The molecular weight excluding hydrogens is 446 g/mol. The number of rotatable bonds is 4. The molecule has 182 valence electrons. The summed E-state index contributed by atoms with van der Waals surface area (Å²) in [6, 6.07) is 9.41. The Morgan fingerprint density at radius 3 is 2.69 bits per heavy atom. The van der Waals surface area contributed by atoms with E-state index in [-0.39, 0.29) is 30.6 Å². The van der Waals surface area contributed by atoms with Crippen molar-refractivity contribution in [3.8, 4) is 11.5 Å². The summed E-state index contributed by atoms with van der Waals surface area (Å²) in [5.74, 6) is 1.19. The molecule has 2 aliphatic carbocycles. The van der Waals surface area contributed by atoms with E-state index in [1.54, 1.807) is 6.26 Å². The molecule has 0 amide bonds. The second-order valence-corrected chi connectivity index (χ2v) is 9.81. The van der Waals surface area contributed by atoms with Crippen LogP contribution >= 0.6 is 0 Å². The van der Waals surface area contributed by atoms with Crippen LogP contribution in [-0.2, 0) is 14.3 Å². The van der Waals surface area contributed by atoms with E-state index in [9.17, 15) is 9.59 Å². The van der Waals surface area contributed by atoms with Crippen molar-refractivity contribution in [2.24, 2.45) is 0 Å². The molecule has 6 rings (SSSR count). The van der Waals surface area contributed by atoms with E-state index in [1.165, 1.54) is 6.42 Å². The Balaban J connectivity index is 1.40. The number of hydrogen-bond donors (Lipinski definition) is 1. The number of ketones is 1. The number of carbonyl (C=O) groups excluding carboxylic acids is 2. The molecule has 0 spiro atoms. The molecule has 1 N–H and O–H groups in total. The maximum absolute atomic E-state index is 13.6. The highest BCUT2D eigenvalue weighted by molar-refractivity contribution is 6.04. The molecule has 1 fully saturated rings. The molecule has 2 atom stereocenters. The highest BCUT2D eigenvalue weighted by atomic mass is 16.7. The summed E-state index contributed by atoms with van der Waals surface area (Å²) in [5, 5.41) is 3.40. The minimum Gasteiger partial charge on any atom is -0.469 e. The Bertz CT molecular complexity index is 1220. The number of esters is 1. The van der Waals surface area contributed by atoms with Crippen molar-refractivity contribution >= 4 is 11.8 Å². The van der Waals surface area contributed by atoms with Crippen molar-refractivity contribution in [1.29, 1.82) is 0 Å². The van der Waals surface area contributed by atoms with Gasteiger partial charge in [-0.2, -0.15) is 0 Å². The van der Waals surface area contributed by atoms with Gasteiger partial charge in [-0.15, -0.1) is 0 Å². The number of fused-ring (bicyclic) bond motifs is 1. The maximum atomic E-state index is 13.6. The Morgan fingerprint density at radius 1 is 1.06 bits per heavy atom. The molecular formula is C28H29NO6. The predicted molar refractivity (Wildman–Crippen MR) is 127 cm³/mol. The van der Waals surface area contributed by atoms with Gasteiger partial charge in [0.15, 0.2) is 17.3 Å². The highest BCUT2D eigenvalue weighted by Crippen LogP contribution is 2.47. The van der Waals surface area contributed by atoms with Crippen LogP contribution in [0.3, 0.4) is 0 Å². The van der Waals surface area contributed by atoms with E-state index in [4.69, 9.17) is 18.6 Å². The first-order valence-electron chi connectivity index (χ1n) is 12.5. The lowest BCUT2D eigenvalue weighted by molar-refractivity contribution is -0.146. The molecule has 2 aliphatic heterocycles. The zero-order valence-corrected chi connectivity index (χ0v) is 19.8. The predicted octanol–water partition coefficient (Wildman–Crippen LogP) is 5.25. The molecule has 0 bridgehead atoms. The van der Waals surface area contributed by atoms with Crippen molar-refractivity contribution in [3.63, 3.8) is 0 Å². The summed E-state index contributed by atoms with van der Waals surface area (Å²) in [7, 11) is 0. The third kappa shape index (κ3) is 4.03. The molecule has 35 heavy (non-hydrogen) atoms. The molecule has 7 nitrogen and oxygen atoms in total. The first-order valence-corrected chi connectivity index (χ1v) is 12.5. The molecule has 3 heterocycles. The van der Waals surface area contributed by atoms with Crippen LogP contribution in [-0.4, -0.2) is 24.6 Å². The standard InChI is InChI=1S/C28H29NO6/c1-16-25(28(31)35-19-6-3-2-4-7-19)26(17-9-10-23-24(14-17)34-15-33-23)27-20(29-16)12-18(13-21(27)30)22-8-5-11-32-22/h5,8-11,14,18-19,26,29H,2-4,6-7,12-13,15H2,1H3. The number of nitrogens with one attached hydrogen (secondary N) is 1. The number of Topliss-reactive ketones (excluding diaryl/α,β-unsaturated/α-hetero) is 1. The summed E-state index contributed by atoms with van der Waals surface area (Å²) < 4.78 is 22.7. The molecule has 2 aromatic rings. The van der Waals surface area contributed by atoms with Gasteiger partial charge >= 0.3 is 5.97 Å². The van der Waals surface area contributed by atoms with Gasteiger partial charge in [0.1, 0.15) is 11.9 Å². The zero-order chi connectivity index (χ0) is 23.9. The molecule has 0 saturated heterocycles. The lowest BCUT2D eigenvalue weighted by Gasteiger charge is -2.36. The third-order valence-corrected chi connectivity index (χ3v) is 7.55. The number of furan rings is 1. The quantitative estimate of drug-likeness (QED) is 0.605. The topological polar surface area (TPSA) is 87.0 Å². The number of hydrogen-bond acceptors (Lipinski definition) is 7. The third-order valence-electron chi connectivity index (χ3n) is 7.55. The summed E-state index contributed by atoms with van der Waals surface area (Å²) in [4.78, 5) is 27.2. The van der Waals surface area contributed by atoms with E-state index in [0.29, 0.717) is 35.5 Å². The average molecular weight is 476 g/mol. The molecule has 0 radical (unpaired) electrons. The molecule has 1 aromatic carbocycles. The van der Waals surface area contributed by atoms with Crippen LogP contribution in [0, 0.1) is 0 Å². The van der Waals surface area contributed by atoms with Crippen LogP contribution in [0.15, 0.2) is 63.6 Å². The zero-order valence-electron chi connectivity index (χ0n) is 19.8. The van der Waals surface area contributed by atoms with Crippen molar-refractivity contribution in [2.45, 2.75) is 69.8 Å². The summed E-state index contributed by atoms with van der Waals surface area (Å²) in [5.41, 5.74) is 3.52. The number of ether oxygens (including phenoxy) is 3. The summed E-state index contributed by atoms with van der Waals surface area (Å²) >= 11 is 0. The summed E-state index contributed by atoms with van der Waals surface area (Å²) in [6.07, 6.45) is 7.63. The van der Waals surface area contributed by atoms with E-state index in [1.807, 2.05) is 37.3 Å². The van der Waals surface area contributed by atoms with Gasteiger partial charge < -0.3 is 23.9 Å². The molecule has 7 heteroatoms. The van der Waals surface area contributed by atoms with Gasteiger partial charge in [0.2, 0.25) is 6.79 Å². The van der Waals surface area contributed by atoms with E-state index >= 15 is 0 Å². The number of allylic oxidation sites excluding steroid dienone is 3. The minimum atomic E-state index is -0.526. The van der Waals surface area contributed by atoms with Gasteiger partial charge in [-0.25, -0.2) is 4.79 Å². The minimum absolute atomic E-state index is 0.0123. The number of carbonyl (C=O) groups is 2. The van der Waals surface area contributed by atoms with Gasteiger partial charge in [-0.3, -0.25) is 4.79 Å². The summed E-state index contributed by atoms with van der Waals surface area (Å²) in [6.45, 7) is 2.05. The van der Waals surface area contributed by atoms with Crippen molar-refractivity contribution < 1.29 is 28.2 Å². The number of dihydropyridines is 1. The van der Waals surface area contributed by atoms with Gasteiger partial charge in [-0.1, -0.05) is 12.5 Å². The van der Waals surface area contributed by atoms with Crippen LogP contribution in [0.5, 0.6) is 11.5 Å². The Morgan fingerprint density at radius 2 is 1.89 bits per heavy atom. The second kappa shape index (κ2) is 8.95. The highest BCUT2D eigenvalue weighted by Gasteiger charge is 2.42. The van der Waals surface area contributed by atoms with Crippen molar-refractivity contribution in [1.82, 2.24) is 5.32 Å². The van der Waals surface area contributed by atoms with Gasteiger partial charge in [0.25, 0.3) is 0 Å². The molecule has 2 unspecified atom stereocenters. The molecule has 1 saturated carbocycles. The number of benzene rings is 1. The fourth-order valence-corrected chi connectivity index (χ4v) is 5.86. The monoisotopic (exact) mass is 475 g/mol. The van der Waals surface area contributed by atoms with Crippen molar-refractivity contribution in [2.75, 3.05) is 6.79 Å². The fourth-order valence-electron chi connectivity index (χ4n) is 5.86. The van der Waals surface area contributed by atoms with E-state index in [0.717, 1.165) is 48.4 Å². The van der Waals surface area contributed by atoms with E-state index < -0.39 is 5.92 Å². The molecule has 1 aromatic heterocycles. The lowest BCUT2D eigenvalue weighted by atomic mass is 9.72. The largest absolute Gasteiger partial charge is 0.469 e. The van der Waals surface area contributed by atoms with Gasteiger partial charge in [0, 0.05) is 35.2 Å². The van der Waals surface area contributed by atoms with Crippen LogP contribution in [0.25, 0.3) is 0 Å². The van der Waals surface area contributed by atoms with Gasteiger partial charge in [-0.05, 0) is 68.9 Å².